The second-order valence-corrected chi connectivity index (χ2v) is 4.64. The van der Waals surface area contributed by atoms with Crippen LogP contribution in [0.4, 0.5) is 0 Å². The van der Waals surface area contributed by atoms with Gasteiger partial charge in [0.25, 0.3) is 0 Å². The van der Waals surface area contributed by atoms with Crippen molar-refractivity contribution in [1.82, 2.24) is 5.16 Å². The van der Waals surface area contributed by atoms with E-state index in [0.29, 0.717) is 10.0 Å². The van der Waals surface area contributed by atoms with Gasteiger partial charge in [0.05, 0.1) is 14.5 Å². The molecular weight excluding hydrogens is 301 g/mol. The highest BCUT2D eigenvalue weighted by Crippen LogP contribution is 2.33. The van der Waals surface area contributed by atoms with E-state index in [0.717, 1.165) is 21.5 Å². The molecule has 0 saturated carbocycles. The van der Waals surface area contributed by atoms with Crippen molar-refractivity contribution in [1.29, 1.82) is 0 Å². The fraction of sp³-hybridized carbons (Fsp3) is 0.100. The zero-order chi connectivity index (χ0) is 11.0. The summed E-state index contributed by atoms with van der Waals surface area (Å²) in [5, 5.41) is 4.96. The second kappa shape index (κ2) is 4.16. The average molecular weight is 307 g/mol. The van der Waals surface area contributed by atoms with Crippen LogP contribution in [-0.2, 0) is 0 Å². The Hall–Kier alpha value is -0.510. The average Bonchev–Trinajstić information content (AvgIpc) is 2.53. The van der Waals surface area contributed by atoms with Gasteiger partial charge >= 0.3 is 0 Å². The van der Waals surface area contributed by atoms with Crippen molar-refractivity contribution in [2.24, 2.45) is 0 Å². The summed E-state index contributed by atoms with van der Waals surface area (Å²) in [7, 11) is 0. The maximum absolute atomic E-state index is 5.92. The van der Waals surface area contributed by atoms with Crippen LogP contribution in [0, 0.1) is 6.92 Å². The molecule has 0 aliphatic heterocycles. The van der Waals surface area contributed by atoms with Crippen LogP contribution >= 0.6 is 39.1 Å². The molecule has 1 aromatic carbocycles. The van der Waals surface area contributed by atoms with E-state index in [1.807, 2.05) is 13.0 Å². The Bertz CT molecular complexity index is 510. The molecule has 0 spiro atoms. The lowest BCUT2D eigenvalue weighted by atomic mass is 10.1. The summed E-state index contributed by atoms with van der Waals surface area (Å²) < 4.78 is 5.88. The molecule has 0 aliphatic carbocycles. The highest BCUT2D eigenvalue weighted by atomic mass is 79.9. The Labute approximate surface area is 105 Å². The van der Waals surface area contributed by atoms with Gasteiger partial charge in [-0.3, -0.25) is 0 Å². The number of hydrogen-bond donors (Lipinski definition) is 0. The molecule has 2 nitrogen and oxygen atoms in total. The molecule has 0 saturated heterocycles. The monoisotopic (exact) mass is 305 g/mol. The number of benzene rings is 1. The van der Waals surface area contributed by atoms with Crippen LogP contribution in [0.15, 0.2) is 27.2 Å². The molecule has 2 rings (SSSR count). The predicted molar refractivity (Wildman–Crippen MR) is 64.4 cm³/mol. The summed E-state index contributed by atoms with van der Waals surface area (Å²) in [6.07, 6.45) is 0. The minimum atomic E-state index is 0.502. The van der Waals surface area contributed by atoms with Crippen LogP contribution in [0.25, 0.3) is 11.3 Å². The molecule has 0 atom stereocenters. The van der Waals surface area contributed by atoms with Crippen LogP contribution < -0.4 is 0 Å². The molecule has 1 aromatic heterocycles. The van der Waals surface area contributed by atoms with E-state index in [9.17, 15) is 0 Å². The summed E-state index contributed by atoms with van der Waals surface area (Å²) in [5.41, 5.74) is 1.60. The largest absolute Gasteiger partial charge is 0.360 e. The third-order valence-electron chi connectivity index (χ3n) is 1.98. The normalized spacial score (nSPS) is 10.7. The van der Waals surface area contributed by atoms with Gasteiger partial charge in [-0.25, -0.2) is 0 Å². The first-order valence-corrected chi connectivity index (χ1v) is 5.71. The van der Waals surface area contributed by atoms with E-state index >= 15 is 0 Å². The van der Waals surface area contributed by atoms with E-state index in [2.05, 4.69) is 21.1 Å². The lowest BCUT2D eigenvalue weighted by molar-refractivity contribution is 0.399. The van der Waals surface area contributed by atoms with E-state index < -0.39 is 0 Å². The van der Waals surface area contributed by atoms with E-state index in [1.165, 1.54) is 0 Å². The minimum Gasteiger partial charge on any atom is -0.360 e. The summed E-state index contributed by atoms with van der Waals surface area (Å²) in [6.45, 7) is 1.83. The summed E-state index contributed by atoms with van der Waals surface area (Å²) in [5.74, 6) is 0.732. The van der Waals surface area contributed by atoms with Crippen molar-refractivity contribution in [2.75, 3.05) is 0 Å². The van der Waals surface area contributed by atoms with Crippen molar-refractivity contribution >= 4 is 39.1 Å². The Morgan fingerprint density at radius 2 is 2.00 bits per heavy atom. The van der Waals surface area contributed by atoms with E-state index in [4.69, 9.17) is 27.7 Å². The maximum Gasteiger partial charge on any atom is 0.148 e. The third-order valence-corrected chi connectivity index (χ3v) is 3.66. The van der Waals surface area contributed by atoms with Crippen LogP contribution in [-0.4, -0.2) is 5.16 Å². The third kappa shape index (κ3) is 2.05. The minimum absolute atomic E-state index is 0.502. The van der Waals surface area contributed by atoms with Gasteiger partial charge < -0.3 is 4.52 Å². The number of halogens is 3. The SMILES string of the molecule is Cc1onc(-c2ccc(Cl)c(Cl)c2)c1Br. The number of rotatable bonds is 1. The van der Waals surface area contributed by atoms with Gasteiger partial charge in [0, 0.05) is 5.56 Å². The molecule has 0 N–H and O–H groups in total. The number of hydrogen-bond acceptors (Lipinski definition) is 2. The van der Waals surface area contributed by atoms with Gasteiger partial charge in [-0.1, -0.05) is 34.4 Å². The molecule has 1 heterocycles. The topological polar surface area (TPSA) is 26.0 Å². The number of aromatic nitrogens is 1. The Balaban J connectivity index is 2.55. The molecule has 5 heteroatoms. The molecule has 0 fully saturated rings. The Kier molecular flexibility index (Phi) is 3.05. The number of aryl methyl sites for hydroxylation is 1. The van der Waals surface area contributed by atoms with Gasteiger partial charge in [0.2, 0.25) is 0 Å². The highest BCUT2D eigenvalue weighted by Gasteiger charge is 2.12. The number of nitrogens with zero attached hydrogens (tertiary/aromatic N) is 1. The van der Waals surface area contributed by atoms with Gasteiger partial charge in [0.15, 0.2) is 0 Å². The molecular formula is C10H6BrCl2NO. The molecule has 0 aliphatic rings. The summed E-state index contributed by atoms with van der Waals surface area (Å²) in [6, 6.07) is 5.33. The van der Waals surface area contributed by atoms with Gasteiger partial charge in [-0.15, -0.1) is 0 Å². The lowest BCUT2D eigenvalue weighted by Crippen LogP contribution is -1.79. The Morgan fingerprint density at radius 1 is 1.27 bits per heavy atom. The quantitative estimate of drug-likeness (QED) is 0.762. The fourth-order valence-corrected chi connectivity index (χ4v) is 1.86. The fourth-order valence-electron chi connectivity index (χ4n) is 1.18. The van der Waals surface area contributed by atoms with Crippen LogP contribution in [0.2, 0.25) is 10.0 Å². The molecule has 78 valence electrons. The first-order chi connectivity index (χ1) is 7.09. The first kappa shape index (κ1) is 11.0. The highest BCUT2D eigenvalue weighted by molar-refractivity contribution is 9.10. The van der Waals surface area contributed by atoms with Crippen LogP contribution in [0.1, 0.15) is 5.76 Å². The first-order valence-electron chi connectivity index (χ1n) is 4.17. The van der Waals surface area contributed by atoms with Crippen molar-refractivity contribution in [3.8, 4) is 11.3 Å². The van der Waals surface area contributed by atoms with Gasteiger partial charge in [0.1, 0.15) is 11.5 Å². The maximum atomic E-state index is 5.92. The summed E-state index contributed by atoms with van der Waals surface area (Å²) in [4.78, 5) is 0. The van der Waals surface area contributed by atoms with Crippen molar-refractivity contribution in [2.45, 2.75) is 6.92 Å². The zero-order valence-electron chi connectivity index (χ0n) is 7.72. The Morgan fingerprint density at radius 3 is 2.53 bits per heavy atom. The molecule has 2 aromatic rings. The second-order valence-electron chi connectivity index (χ2n) is 3.03. The van der Waals surface area contributed by atoms with E-state index in [-0.39, 0.29) is 0 Å². The molecule has 0 unspecified atom stereocenters. The molecule has 15 heavy (non-hydrogen) atoms. The van der Waals surface area contributed by atoms with Crippen molar-refractivity contribution in [3.05, 3.63) is 38.5 Å². The van der Waals surface area contributed by atoms with Crippen molar-refractivity contribution in [3.63, 3.8) is 0 Å². The van der Waals surface area contributed by atoms with E-state index in [1.54, 1.807) is 12.1 Å². The predicted octanol–water partition coefficient (Wildman–Crippen LogP) is 4.72. The lowest BCUT2D eigenvalue weighted by Gasteiger charge is -1.99. The smallest absolute Gasteiger partial charge is 0.148 e. The van der Waals surface area contributed by atoms with Crippen LogP contribution in [0.5, 0.6) is 0 Å². The molecule has 0 radical (unpaired) electrons. The zero-order valence-corrected chi connectivity index (χ0v) is 10.8. The molecule has 0 amide bonds. The molecule has 0 bridgehead atoms. The van der Waals surface area contributed by atoms with Gasteiger partial charge in [-0.2, -0.15) is 0 Å². The standard InChI is InChI=1S/C10H6BrCl2NO/c1-5-9(11)10(14-15-5)6-2-3-7(12)8(13)4-6/h2-4H,1H3. The van der Waals surface area contributed by atoms with Crippen LogP contribution in [0.3, 0.4) is 0 Å². The summed E-state index contributed by atoms with van der Waals surface area (Å²) >= 11 is 15.1. The van der Waals surface area contributed by atoms with Crippen molar-refractivity contribution < 1.29 is 4.52 Å². The van der Waals surface area contributed by atoms with Gasteiger partial charge in [-0.05, 0) is 35.0 Å².